The molecule has 0 aliphatic carbocycles. The SMILES string of the molecule is CCNc1cnc(C(C)C)nc1C(=O)Nc1cnns1. The molecular formula is C12H16N6OS. The highest BCUT2D eigenvalue weighted by Crippen LogP contribution is 2.18. The van der Waals surface area contributed by atoms with Gasteiger partial charge in [-0.3, -0.25) is 4.79 Å². The molecule has 0 fully saturated rings. The zero-order valence-electron chi connectivity index (χ0n) is 11.5. The molecule has 2 aromatic heterocycles. The number of nitrogens with zero attached hydrogens (tertiary/aromatic N) is 4. The van der Waals surface area contributed by atoms with E-state index >= 15 is 0 Å². The van der Waals surface area contributed by atoms with Gasteiger partial charge in [-0.2, -0.15) is 0 Å². The number of carbonyl (C=O) groups is 1. The molecule has 106 valence electrons. The Kier molecular flexibility index (Phi) is 4.57. The van der Waals surface area contributed by atoms with Crippen molar-refractivity contribution < 1.29 is 4.79 Å². The summed E-state index contributed by atoms with van der Waals surface area (Å²) >= 11 is 1.12. The lowest BCUT2D eigenvalue weighted by molar-refractivity contribution is 0.102. The monoisotopic (exact) mass is 292 g/mol. The Bertz CT molecular complexity index is 584. The van der Waals surface area contributed by atoms with Crippen molar-refractivity contribution in [1.29, 1.82) is 0 Å². The zero-order chi connectivity index (χ0) is 14.5. The van der Waals surface area contributed by atoms with E-state index in [0.717, 1.165) is 11.5 Å². The Labute approximate surface area is 121 Å². The summed E-state index contributed by atoms with van der Waals surface area (Å²) in [7, 11) is 0. The Morgan fingerprint density at radius 1 is 1.40 bits per heavy atom. The lowest BCUT2D eigenvalue weighted by Crippen LogP contribution is -2.18. The van der Waals surface area contributed by atoms with Crippen LogP contribution >= 0.6 is 11.5 Å². The maximum absolute atomic E-state index is 12.3. The summed E-state index contributed by atoms with van der Waals surface area (Å²) in [5, 5.41) is 10.1. The standard InChI is InChI=1S/C12H16N6OS/c1-4-13-8-5-14-11(7(2)3)17-10(8)12(19)16-9-6-15-18-20-9/h5-7,13H,4H2,1-3H3,(H,16,19). The van der Waals surface area contributed by atoms with Gasteiger partial charge < -0.3 is 10.6 Å². The molecule has 0 saturated heterocycles. The van der Waals surface area contributed by atoms with Gasteiger partial charge in [0, 0.05) is 24.0 Å². The molecule has 2 heterocycles. The normalized spacial score (nSPS) is 10.6. The number of amides is 1. The van der Waals surface area contributed by atoms with Gasteiger partial charge >= 0.3 is 0 Å². The molecule has 0 aliphatic heterocycles. The molecule has 2 rings (SSSR count). The molecule has 1 amide bonds. The number of rotatable bonds is 5. The fourth-order valence-electron chi connectivity index (χ4n) is 1.56. The quantitative estimate of drug-likeness (QED) is 0.877. The minimum atomic E-state index is -0.295. The van der Waals surface area contributed by atoms with Crippen molar-refractivity contribution in [2.24, 2.45) is 0 Å². The number of carbonyl (C=O) groups excluding carboxylic acids is 1. The van der Waals surface area contributed by atoms with Gasteiger partial charge in [-0.1, -0.05) is 18.3 Å². The summed E-state index contributed by atoms with van der Waals surface area (Å²) in [6.07, 6.45) is 3.14. The summed E-state index contributed by atoms with van der Waals surface area (Å²) < 4.78 is 3.70. The Balaban J connectivity index is 2.30. The van der Waals surface area contributed by atoms with Gasteiger partial charge in [0.05, 0.1) is 18.1 Å². The van der Waals surface area contributed by atoms with Gasteiger partial charge in [0.25, 0.3) is 5.91 Å². The molecule has 0 atom stereocenters. The molecule has 0 bridgehead atoms. The van der Waals surface area contributed by atoms with Crippen LogP contribution in [0.15, 0.2) is 12.4 Å². The minimum Gasteiger partial charge on any atom is -0.382 e. The predicted molar refractivity (Wildman–Crippen MR) is 78.1 cm³/mol. The van der Waals surface area contributed by atoms with Crippen molar-refractivity contribution in [3.63, 3.8) is 0 Å². The van der Waals surface area contributed by atoms with Crippen molar-refractivity contribution in [1.82, 2.24) is 19.6 Å². The lowest BCUT2D eigenvalue weighted by atomic mass is 10.2. The maximum Gasteiger partial charge on any atom is 0.277 e. The Hall–Kier alpha value is -2.09. The highest BCUT2D eigenvalue weighted by molar-refractivity contribution is 7.10. The second-order valence-electron chi connectivity index (χ2n) is 4.41. The van der Waals surface area contributed by atoms with Crippen molar-refractivity contribution >= 4 is 28.1 Å². The summed E-state index contributed by atoms with van der Waals surface area (Å²) in [4.78, 5) is 20.9. The molecule has 0 aromatic carbocycles. The smallest absolute Gasteiger partial charge is 0.277 e. The first-order valence-electron chi connectivity index (χ1n) is 6.31. The Morgan fingerprint density at radius 3 is 2.80 bits per heavy atom. The van der Waals surface area contributed by atoms with Gasteiger partial charge in [0.2, 0.25) is 0 Å². The van der Waals surface area contributed by atoms with E-state index in [4.69, 9.17) is 0 Å². The molecule has 0 spiro atoms. The van der Waals surface area contributed by atoms with Crippen LogP contribution in [-0.2, 0) is 0 Å². The predicted octanol–water partition coefficient (Wildman–Crippen LogP) is 2.14. The molecule has 0 unspecified atom stereocenters. The molecule has 20 heavy (non-hydrogen) atoms. The van der Waals surface area contributed by atoms with Crippen molar-refractivity contribution in [2.75, 3.05) is 17.2 Å². The fourth-order valence-corrected chi connectivity index (χ4v) is 1.97. The van der Waals surface area contributed by atoms with Gasteiger partial charge in [-0.05, 0) is 6.92 Å². The third-order valence-electron chi connectivity index (χ3n) is 2.50. The molecule has 8 heteroatoms. The number of anilines is 2. The van der Waals surface area contributed by atoms with Crippen LogP contribution in [0.2, 0.25) is 0 Å². The molecule has 0 saturated carbocycles. The first-order chi connectivity index (χ1) is 9.61. The highest BCUT2D eigenvalue weighted by atomic mass is 32.1. The van der Waals surface area contributed by atoms with Crippen LogP contribution in [0.5, 0.6) is 0 Å². The van der Waals surface area contributed by atoms with E-state index in [2.05, 4.69) is 30.2 Å². The second kappa shape index (κ2) is 6.38. The lowest BCUT2D eigenvalue weighted by Gasteiger charge is -2.11. The average molecular weight is 292 g/mol. The third kappa shape index (κ3) is 3.27. The summed E-state index contributed by atoms with van der Waals surface area (Å²) in [5.41, 5.74) is 0.950. The van der Waals surface area contributed by atoms with Gasteiger partial charge in [0.1, 0.15) is 10.8 Å². The molecule has 7 nitrogen and oxygen atoms in total. The van der Waals surface area contributed by atoms with Crippen LogP contribution < -0.4 is 10.6 Å². The molecule has 0 aliphatic rings. The van der Waals surface area contributed by atoms with E-state index in [9.17, 15) is 4.79 Å². The van der Waals surface area contributed by atoms with Gasteiger partial charge in [-0.25, -0.2) is 9.97 Å². The average Bonchev–Trinajstić information content (AvgIpc) is 2.92. The van der Waals surface area contributed by atoms with E-state index in [1.54, 1.807) is 6.20 Å². The van der Waals surface area contributed by atoms with E-state index in [0.29, 0.717) is 28.8 Å². The topological polar surface area (TPSA) is 92.7 Å². The first-order valence-corrected chi connectivity index (χ1v) is 7.08. The van der Waals surface area contributed by atoms with Crippen LogP contribution in [0.4, 0.5) is 10.7 Å². The number of nitrogens with one attached hydrogen (secondary N) is 2. The number of hydrogen-bond donors (Lipinski definition) is 2. The number of hydrogen-bond acceptors (Lipinski definition) is 7. The summed E-state index contributed by atoms with van der Waals surface area (Å²) in [5.74, 6) is 0.498. The minimum absolute atomic E-state index is 0.155. The number of aromatic nitrogens is 4. The fraction of sp³-hybridized carbons (Fsp3) is 0.417. The van der Waals surface area contributed by atoms with Gasteiger partial charge in [-0.15, -0.1) is 5.10 Å². The van der Waals surface area contributed by atoms with Crippen molar-refractivity contribution in [2.45, 2.75) is 26.7 Å². The van der Waals surface area contributed by atoms with E-state index in [-0.39, 0.29) is 11.8 Å². The third-order valence-corrected chi connectivity index (χ3v) is 3.08. The molecule has 2 aromatic rings. The van der Waals surface area contributed by atoms with E-state index < -0.39 is 0 Å². The highest BCUT2D eigenvalue weighted by Gasteiger charge is 2.17. The van der Waals surface area contributed by atoms with Crippen molar-refractivity contribution in [3.8, 4) is 0 Å². The van der Waals surface area contributed by atoms with Gasteiger partial charge in [0.15, 0.2) is 5.69 Å². The largest absolute Gasteiger partial charge is 0.382 e. The maximum atomic E-state index is 12.3. The summed E-state index contributed by atoms with van der Waals surface area (Å²) in [6.45, 7) is 6.60. The van der Waals surface area contributed by atoms with E-state index in [1.807, 2.05) is 20.8 Å². The van der Waals surface area contributed by atoms with Crippen LogP contribution in [0.3, 0.4) is 0 Å². The first kappa shape index (κ1) is 14.3. The second-order valence-corrected chi connectivity index (χ2v) is 5.20. The van der Waals surface area contributed by atoms with Crippen LogP contribution in [0.25, 0.3) is 0 Å². The van der Waals surface area contributed by atoms with Crippen LogP contribution in [0.1, 0.15) is 43.0 Å². The zero-order valence-corrected chi connectivity index (χ0v) is 12.4. The molecule has 0 radical (unpaired) electrons. The van der Waals surface area contributed by atoms with E-state index in [1.165, 1.54) is 6.20 Å². The molecular weight excluding hydrogens is 276 g/mol. The summed E-state index contributed by atoms with van der Waals surface area (Å²) in [6, 6.07) is 0. The van der Waals surface area contributed by atoms with Crippen molar-refractivity contribution in [3.05, 3.63) is 23.9 Å². The molecule has 2 N–H and O–H groups in total. The Morgan fingerprint density at radius 2 is 2.20 bits per heavy atom. The van der Waals surface area contributed by atoms with Crippen LogP contribution in [-0.4, -0.2) is 32.0 Å². The van der Waals surface area contributed by atoms with Crippen LogP contribution in [0, 0.1) is 0 Å².